The molecule has 2 aliphatic rings. The molecule has 0 amide bonds. The third-order valence-corrected chi connectivity index (χ3v) is 14.3. The van der Waals surface area contributed by atoms with Crippen LogP contribution >= 0.6 is 45.3 Å². The van der Waals surface area contributed by atoms with Crippen LogP contribution in [-0.2, 0) is 0 Å². The molecule has 0 aliphatic carbocycles. The van der Waals surface area contributed by atoms with E-state index < -0.39 is 8.07 Å². The van der Waals surface area contributed by atoms with E-state index in [0.717, 1.165) is 0 Å². The molecule has 0 N–H and O–H groups in total. The van der Waals surface area contributed by atoms with Crippen LogP contribution < -0.4 is 20.7 Å². The average molecular weight is 357 g/mol. The van der Waals surface area contributed by atoms with E-state index in [4.69, 9.17) is 0 Å². The molecule has 1 spiro atoms. The summed E-state index contributed by atoms with van der Waals surface area (Å²) in [6.07, 6.45) is 0. The van der Waals surface area contributed by atoms with Crippen LogP contribution in [-0.4, -0.2) is 8.07 Å². The third kappa shape index (κ3) is 1.09. The number of hydrogen-bond acceptors (Lipinski definition) is 4. The van der Waals surface area contributed by atoms with Crippen LogP contribution in [0.2, 0.25) is 0 Å². The van der Waals surface area contributed by atoms with Gasteiger partial charge in [0.2, 0.25) is 0 Å². The summed E-state index contributed by atoms with van der Waals surface area (Å²) in [4.78, 5) is 6.18. The van der Waals surface area contributed by atoms with Crippen LogP contribution in [0.25, 0.3) is 19.5 Å². The Balaban J connectivity index is 1.90. The largest absolute Gasteiger partial charge is 0.185 e. The molecule has 0 fully saturated rings. The van der Waals surface area contributed by atoms with Gasteiger partial charge in [-0.3, -0.25) is 0 Å². The quantitative estimate of drug-likeness (QED) is 0.367. The van der Waals surface area contributed by atoms with Gasteiger partial charge in [0.05, 0.1) is 0 Å². The number of rotatable bonds is 0. The van der Waals surface area contributed by atoms with Crippen LogP contribution in [0.3, 0.4) is 0 Å². The van der Waals surface area contributed by atoms with E-state index in [9.17, 15) is 0 Å². The molecule has 4 aromatic heterocycles. The molecule has 0 saturated carbocycles. The van der Waals surface area contributed by atoms with E-state index in [0.29, 0.717) is 0 Å². The zero-order chi connectivity index (χ0) is 13.6. The Morgan fingerprint density at radius 3 is 1.05 bits per heavy atom. The Bertz CT molecular complexity index is 846. The van der Waals surface area contributed by atoms with Crippen molar-refractivity contribution in [2.45, 2.75) is 0 Å². The van der Waals surface area contributed by atoms with E-state index in [1.807, 2.05) is 45.3 Å². The number of hydrogen-bond donors (Lipinski definition) is 0. The number of thiophene rings is 4. The highest BCUT2D eigenvalue weighted by Gasteiger charge is 2.56. The second kappa shape index (κ2) is 3.67. The highest BCUT2D eigenvalue weighted by molar-refractivity contribution is 7.38. The van der Waals surface area contributed by atoms with E-state index in [2.05, 4.69) is 45.8 Å². The van der Waals surface area contributed by atoms with Crippen molar-refractivity contribution in [2.24, 2.45) is 0 Å². The maximum absolute atomic E-state index is 2.41. The average Bonchev–Trinajstić information content (AvgIpc) is 3.26. The van der Waals surface area contributed by atoms with Crippen molar-refractivity contribution in [3.8, 4) is 19.5 Å². The molecule has 0 unspecified atom stereocenters. The van der Waals surface area contributed by atoms with Gasteiger partial charge in [-0.25, -0.2) is 0 Å². The second-order valence-corrected chi connectivity index (χ2v) is 12.7. The Hall–Kier alpha value is -0.983. The van der Waals surface area contributed by atoms with E-state index in [-0.39, 0.29) is 0 Å². The Labute approximate surface area is 139 Å². The van der Waals surface area contributed by atoms with Crippen LogP contribution in [0.4, 0.5) is 0 Å². The molecule has 5 heteroatoms. The third-order valence-electron chi connectivity index (χ3n) is 4.69. The van der Waals surface area contributed by atoms with Crippen LogP contribution in [0, 0.1) is 0 Å². The first-order valence-electron chi connectivity index (χ1n) is 6.75. The highest BCUT2D eigenvalue weighted by atomic mass is 32.1. The molecule has 2 aliphatic heterocycles. The van der Waals surface area contributed by atoms with E-state index in [1.165, 1.54) is 0 Å². The van der Waals surface area contributed by atoms with Crippen molar-refractivity contribution < 1.29 is 0 Å². The predicted molar refractivity (Wildman–Crippen MR) is 99.6 cm³/mol. The van der Waals surface area contributed by atoms with Crippen molar-refractivity contribution in [2.75, 3.05) is 0 Å². The van der Waals surface area contributed by atoms with Gasteiger partial charge in [0, 0.05) is 19.5 Å². The Morgan fingerprint density at radius 1 is 0.476 bits per heavy atom. The first kappa shape index (κ1) is 11.6. The standard InChI is InChI=1S/C16H8S4Si/c1-5-17-13-9(1)21(10-2-6-18-14(10)13)11-3-7-19-15(11)16-12(21)4-8-20-16/h1-8H. The topological polar surface area (TPSA) is 0 Å². The molecule has 0 bridgehead atoms. The van der Waals surface area contributed by atoms with Crippen molar-refractivity contribution in [1.82, 2.24) is 0 Å². The minimum absolute atomic E-state index is 1.54. The molecule has 21 heavy (non-hydrogen) atoms. The minimum Gasteiger partial charge on any atom is -0.143 e. The summed E-state index contributed by atoms with van der Waals surface area (Å²) >= 11 is 7.71. The van der Waals surface area contributed by atoms with Gasteiger partial charge in [0.1, 0.15) is 0 Å². The minimum atomic E-state index is -1.90. The van der Waals surface area contributed by atoms with Gasteiger partial charge >= 0.3 is 0 Å². The maximum atomic E-state index is 2.41. The first-order chi connectivity index (χ1) is 10.4. The van der Waals surface area contributed by atoms with Gasteiger partial charge < -0.3 is 0 Å². The van der Waals surface area contributed by atoms with Gasteiger partial charge in [-0.15, -0.1) is 45.3 Å². The van der Waals surface area contributed by atoms with Crippen molar-refractivity contribution in [1.29, 1.82) is 0 Å². The lowest BCUT2D eigenvalue weighted by Gasteiger charge is -2.24. The summed E-state index contributed by atoms with van der Waals surface area (Å²) < 4.78 is 0. The maximum Gasteiger partial charge on any atom is 0.185 e. The number of fused-ring (bicyclic) bond motifs is 10. The van der Waals surface area contributed by atoms with Gasteiger partial charge in [-0.1, -0.05) is 24.3 Å². The second-order valence-electron chi connectivity index (χ2n) is 5.40. The van der Waals surface area contributed by atoms with Gasteiger partial charge in [-0.2, -0.15) is 0 Å². The van der Waals surface area contributed by atoms with E-state index >= 15 is 0 Å². The lowest BCUT2D eigenvalue weighted by molar-refractivity contribution is 1.98. The molecule has 0 saturated heterocycles. The van der Waals surface area contributed by atoms with Gasteiger partial charge in [0.15, 0.2) is 8.07 Å². The molecule has 0 atom stereocenters. The molecule has 0 radical (unpaired) electrons. The van der Waals surface area contributed by atoms with Crippen LogP contribution in [0.5, 0.6) is 0 Å². The molecule has 0 nitrogen and oxygen atoms in total. The molecule has 6 heterocycles. The summed E-state index contributed by atoms with van der Waals surface area (Å²) in [6, 6.07) is 9.64. The molecular weight excluding hydrogens is 349 g/mol. The molecule has 4 aromatic rings. The Morgan fingerprint density at radius 2 is 0.762 bits per heavy atom. The fourth-order valence-electron chi connectivity index (χ4n) is 3.99. The van der Waals surface area contributed by atoms with E-state index in [1.54, 1.807) is 40.3 Å². The van der Waals surface area contributed by atoms with Crippen molar-refractivity contribution >= 4 is 74.2 Å². The summed E-state index contributed by atoms with van der Waals surface area (Å²) in [7, 11) is -1.90. The molecule has 100 valence electrons. The summed E-state index contributed by atoms with van der Waals surface area (Å²) in [5, 5.41) is 15.7. The van der Waals surface area contributed by atoms with Crippen molar-refractivity contribution in [3.05, 3.63) is 45.8 Å². The molecular formula is C16H8S4Si. The Kier molecular flexibility index (Phi) is 2.02. The highest BCUT2D eigenvalue weighted by Crippen LogP contribution is 2.42. The lowest BCUT2D eigenvalue weighted by atomic mass is 10.4. The summed E-state index contributed by atoms with van der Waals surface area (Å²) in [6.45, 7) is 0. The first-order valence-corrected chi connectivity index (χ1v) is 12.3. The normalized spacial score (nSPS) is 16.0. The zero-order valence-electron chi connectivity index (χ0n) is 10.8. The SMILES string of the molecule is c1cc2c(s1)-c1sccc1[Si]21c2ccsc2-c2sccc21. The zero-order valence-corrected chi connectivity index (χ0v) is 15.0. The van der Waals surface area contributed by atoms with Crippen molar-refractivity contribution in [3.63, 3.8) is 0 Å². The van der Waals surface area contributed by atoms with Gasteiger partial charge in [-0.05, 0) is 42.3 Å². The summed E-state index contributed by atoms with van der Waals surface area (Å²) in [5.74, 6) is 0. The smallest absolute Gasteiger partial charge is 0.143 e. The fraction of sp³-hybridized carbons (Fsp3) is 0. The molecule has 6 rings (SSSR count). The predicted octanol–water partition coefficient (Wildman–Crippen LogP) is 3.27. The summed E-state index contributed by atoms with van der Waals surface area (Å²) in [5.41, 5.74) is 0. The van der Waals surface area contributed by atoms with Gasteiger partial charge in [0.25, 0.3) is 0 Å². The van der Waals surface area contributed by atoms with Crippen LogP contribution in [0.15, 0.2) is 45.8 Å². The lowest BCUT2D eigenvalue weighted by Crippen LogP contribution is -2.70. The molecule has 0 aromatic carbocycles. The fourth-order valence-corrected chi connectivity index (χ4v) is 15.9. The van der Waals surface area contributed by atoms with Crippen LogP contribution in [0.1, 0.15) is 0 Å². The monoisotopic (exact) mass is 356 g/mol.